The second kappa shape index (κ2) is 4.77. The molecular weight excluding hydrogens is 231 g/mol. The highest BCUT2D eigenvalue weighted by Gasteiger charge is 2.17. The van der Waals surface area contributed by atoms with Gasteiger partial charge in [0.05, 0.1) is 12.4 Å². The van der Waals surface area contributed by atoms with Crippen LogP contribution in [-0.2, 0) is 4.74 Å². The van der Waals surface area contributed by atoms with E-state index in [1.54, 1.807) is 0 Å². The maximum atomic E-state index is 11.6. The Balaban J connectivity index is 2.54. The molecule has 0 saturated heterocycles. The first-order chi connectivity index (χ1) is 8.15. The summed E-state index contributed by atoms with van der Waals surface area (Å²) in [6, 6.07) is 10.2. The van der Waals surface area contributed by atoms with Crippen LogP contribution in [0.2, 0.25) is 0 Å². The number of benzene rings is 1. The molecule has 2 aromatic rings. The van der Waals surface area contributed by atoms with Gasteiger partial charge in [0.15, 0.2) is 0 Å². The molecule has 1 heterocycles. The van der Waals surface area contributed by atoms with E-state index in [1.807, 2.05) is 25.1 Å². The van der Waals surface area contributed by atoms with Crippen LogP contribution in [0, 0.1) is 13.8 Å². The topological polar surface area (TPSA) is 26.3 Å². The zero-order valence-corrected chi connectivity index (χ0v) is 11.2. The minimum atomic E-state index is -0.203. The van der Waals surface area contributed by atoms with Crippen LogP contribution in [0.4, 0.5) is 0 Å². The second-order valence-electron chi connectivity index (χ2n) is 3.98. The van der Waals surface area contributed by atoms with Crippen LogP contribution in [0.25, 0.3) is 10.9 Å². The van der Waals surface area contributed by atoms with E-state index in [0.717, 1.165) is 10.9 Å². The van der Waals surface area contributed by atoms with Crippen LogP contribution >= 0.6 is 8.19 Å². The lowest BCUT2D eigenvalue weighted by Gasteiger charge is -1.99. The van der Waals surface area contributed by atoms with Crippen LogP contribution in [0.5, 0.6) is 0 Å². The molecule has 0 spiro atoms. The number of hydrogen-bond acceptors (Lipinski definition) is 2. The van der Waals surface area contributed by atoms with E-state index in [0.29, 0.717) is 8.19 Å². The van der Waals surface area contributed by atoms with Gasteiger partial charge < -0.3 is 4.74 Å². The van der Waals surface area contributed by atoms with Crippen LogP contribution in [-0.4, -0.2) is 13.1 Å². The SMILES string of the molecule is COC(=O)c1[pH]c(-c2ccccc2)c(C)c1C. The van der Waals surface area contributed by atoms with Gasteiger partial charge in [-0.15, -0.1) is 8.19 Å². The van der Waals surface area contributed by atoms with Crippen LogP contribution in [0.3, 0.4) is 0 Å². The van der Waals surface area contributed by atoms with E-state index < -0.39 is 0 Å². The predicted molar refractivity (Wildman–Crippen MR) is 72.2 cm³/mol. The fourth-order valence-electron chi connectivity index (χ4n) is 1.89. The van der Waals surface area contributed by atoms with Crippen molar-refractivity contribution in [2.75, 3.05) is 7.11 Å². The molecule has 1 aromatic carbocycles. The zero-order chi connectivity index (χ0) is 12.4. The summed E-state index contributed by atoms with van der Waals surface area (Å²) in [5.41, 5.74) is 3.46. The minimum Gasteiger partial charge on any atom is -0.465 e. The molecule has 17 heavy (non-hydrogen) atoms. The normalized spacial score (nSPS) is 10.8. The van der Waals surface area contributed by atoms with Gasteiger partial charge >= 0.3 is 5.97 Å². The molecule has 1 atom stereocenters. The van der Waals surface area contributed by atoms with Crippen molar-refractivity contribution in [1.29, 1.82) is 0 Å². The molecule has 2 nitrogen and oxygen atoms in total. The molecular formula is C14H15O2P. The third-order valence-corrected chi connectivity index (χ3v) is 4.76. The molecule has 0 aliphatic heterocycles. The first kappa shape index (κ1) is 11.9. The van der Waals surface area contributed by atoms with Crippen molar-refractivity contribution in [1.82, 2.24) is 0 Å². The molecule has 0 amide bonds. The van der Waals surface area contributed by atoms with Crippen LogP contribution in [0.1, 0.15) is 21.2 Å². The van der Waals surface area contributed by atoms with Gasteiger partial charge in [-0.2, -0.15) is 0 Å². The largest absolute Gasteiger partial charge is 0.465 e. The molecule has 0 aliphatic rings. The predicted octanol–water partition coefficient (Wildman–Crippen LogP) is 3.79. The Morgan fingerprint density at radius 1 is 1.12 bits per heavy atom. The maximum absolute atomic E-state index is 11.6. The zero-order valence-electron chi connectivity index (χ0n) is 10.2. The van der Waals surface area contributed by atoms with Gasteiger partial charge in [-0.3, -0.25) is 0 Å². The van der Waals surface area contributed by atoms with Crippen molar-refractivity contribution >= 4 is 14.2 Å². The lowest BCUT2D eigenvalue weighted by Crippen LogP contribution is -1.99. The highest BCUT2D eigenvalue weighted by atomic mass is 31.0. The summed E-state index contributed by atoms with van der Waals surface area (Å²) < 4.78 is 4.82. The number of hydrogen-bond donors (Lipinski definition) is 0. The Morgan fingerprint density at radius 3 is 2.35 bits per heavy atom. The van der Waals surface area contributed by atoms with Crippen LogP contribution in [0.15, 0.2) is 30.3 Å². The summed E-state index contributed by atoms with van der Waals surface area (Å²) in [4.78, 5) is 11.6. The van der Waals surface area contributed by atoms with E-state index in [2.05, 4.69) is 19.1 Å². The van der Waals surface area contributed by atoms with Crippen molar-refractivity contribution in [3.63, 3.8) is 0 Å². The third-order valence-electron chi connectivity index (χ3n) is 3.01. The second-order valence-corrected chi connectivity index (χ2v) is 5.23. The number of carbonyl (C=O) groups excluding carboxylic acids is 1. The summed E-state index contributed by atoms with van der Waals surface area (Å²) in [7, 11) is 1.83. The summed E-state index contributed by atoms with van der Waals surface area (Å²) in [6.07, 6.45) is 0. The number of methoxy groups -OCH3 is 1. The lowest BCUT2D eigenvalue weighted by molar-refractivity contribution is 0.0605. The Hall–Kier alpha value is -1.53. The monoisotopic (exact) mass is 246 g/mol. The molecule has 0 fully saturated rings. The van der Waals surface area contributed by atoms with Gasteiger partial charge in [0, 0.05) is 5.30 Å². The molecule has 88 valence electrons. The Labute approximate surface area is 103 Å². The molecule has 0 aliphatic carbocycles. The smallest absolute Gasteiger partial charge is 0.341 e. The highest BCUT2D eigenvalue weighted by molar-refractivity contribution is 7.36. The van der Waals surface area contributed by atoms with E-state index in [9.17, 15) is 4.79 Å². The Morgan fingerprint density at radius 2 is 1.76 bits per heavy atom. The number of rotatable bonds is 2. The van der Waals surface area contributed by atoms with Crippen LogP contribution < -0.4 is 0 Å². The molecule has 0 saturated carbocycles. The van der Waals surface area contributed by atoms with E-state index >= 15 is 0 Å². The fourth-order valence-corrected chi connectivity index (χ4v) is 3.40. The summed E-state index contributed by atoms with van der Waals surface area (Å²) >= 11 is 0. The molecule has 0 bridgehead atoms. The van der Waals surface area contributed by atoms with Crippen molar-refractivity contribution < 1.29 is 9.53 Å². The maximum Gasteiger partial charge on any atom is 0.341 e. The minimum absolute atomic E-state index is 0.203. The standard InChI is InChI=1S/C14H15O2P/c1-9-10(2)13(14(15)16-3)17-12(9)11-7-5-4-6-8-11/h4-8,17H,1-3H3. The van der Waals surface area contributed by atoms with Crippen molar-refractivity contribution in [2.24, 2.45) is 0 Å². The first-order valence-electron chi connectivity index (χ1n) is 5.48. The summed E-state index contributed by atoms with van der Waals surface area (Å²) in [5, 5.41) is 2.06. The molecule has 2 rings (SSSR count). The van der Waals surface area contributed by atoms with Gasteiger partial charge in [0.25, 0.3) is 0 Å². The highest BCUT2D eigenvalue weighted by Crippen LogP contribution is 2.39. The van der Waals surface area contributed by atoms with E-state index in [4.69, 9.17) is 4.74 Å². The average Bonchev–Trinajstić information content (AvgIpc) is 2.67. The van der Waals surface area contributed by atoms with Gasteiger partial charge in [-0.25, -0.2) is 4.79 Å². The number of carbonyl (C=O) groups is 1. The average molecular weight is 246 g/mol. The Bertz CT molecular complexity index is 541. The first-order valence-corrected chi connectivity index (χ1v) is 6.48. The van der Waals surface area contributed by atoms with Gasteiger partial charge in [0.2, 0.25) is 0 Å². The lowest BCUT2D eigenvalue weighted by atomic mass is 10.1. The summed E-state index contributed by atoms with van der Waals surface area (Å²) in [6.45, 7) is 4.06. The van der Waals surface area contributed by atoms with Crippen molar-refractivity contribution in [3.05, 3.63) is 46.8 Å². The quantitative estimate of drug-likeness (QED) is 0.753. The van der Waals surface area contributed by atoms with Gasteiger partial charge in [0.1, 0.15) is 0 Å². The molecule has 1 aromatic heterocycles. The van der Waals surface area contributed by atoms with Crippen molar-refractivity contribution in [2.45, 2.75) is 13.8 Å². The molecule has 0 N–H and O–H groups in total. The molecule has 0 radical (unpaired) electrons. The van der Waals surface area contributed by atoms with E-state index in [-0.39, 0.29) is 5.97 Å². The number of esters is 1. The third kappa shape index (κ3) is 2.13. The Kier molecular flexibility index (Phi) is 3.35. The molecule has 1 unspecified atom stereocenters. The van der Waals surface area contributed by atoms with Gasteiger partial charge in [-0.05, 0) is 30.5 Å². The van der Waals surface area contributed by atoms with Crippen molar-refractivity contribution in [3.8, 4) is 10.9 Å². The fraction of sp³-hybridized carbons (Fsp3) is 0.214. The summed E-state index contributed by atoms with van der Waals surface area (Å²) in [5.74, 6) is -0.203. The van der Waals surface area contributed by atoms with Gasteiger partial charge in [-0.1, -0.05) is 30.3 Å². The van der Waals surface area contributed by atoms with E-state index in [1.165, 1.54) is 23.5 Å². The number of ether oxygens (including phenoxy) is 1. The molecule has 3 heteroatoms.